The maximum absolute atomic E-state index is 12.3. The maximum atomic E-state index is 12.3. The average Bonchev–Trinajstić information content (AvgIpc) is 3.07. The van der Waals surface area contributed by atoms with Crippen LogP contribution in [0.4, 0.5) is 5.69 Å². The number of esters is 1. The standard InChI is InChI=1S/C17H14N2O5/c1-23-17(20)14-15(12-8-5-9-13(10-12)19(21)22)18-24-16(14)11-6-3-2-4-7-11/h2-10,14,16H,1H3/t14-,16+/m0/s1. The quantitative estimate of drug-likeness (QED) is 0.489. The van der Waals surface area contributed by atoms with Crippen molar-refractivity contribution in [2.24, 2.45) is 11.1 Å². The summed E-state index contributed by atoms with van der Waals surface area (Å²) in [6.45, 7) is 0. The normalized spacial score (nSPS) is 19.3. The van der Waals surface area contributed by atoms with Crippen molar-refractivity contribution in [2.45, 2.75) is 6.10 Å². The van der Waals surface area contributed by atoms with Gasteiger partial charge in [0.25, 0.3) is 5.69 Å². The Balaban J connectivity index is 2.00. The van der Waals surface area contributed by atoms with E-state index in [1.807, 2.05) is 30.3 Å². The molecule has 2 aromatic rings. The lowest BCUT2D eigenvalue weighted by molar-refractivity contribution is -0.384. The highest BCUT2D eigenvalue weighted by molar-refractivity contribution is 6.13. The lowest BCUT2D eigenvalue weighted by atomic mass is 9.88. The molecule has 7 nitrogen and oxygen atoms in total. The van der Waals surface area contributed by atoms with Crippen molar-refractivity contribution in [2.75, 3.05) is 7.11 Å². The van der Waals surface area contributed by atoms with E-state index in [2.05, 4.69) is 5.16 Å². The van der Waals surface area contributed by atoms with E-state index in [-0.39, 0.29) is 5.69 Å². The first kappa shape index (κ1) is 15.7. The minimum Gasteiger partial charge on any atom is -0.468 e. The Hall–Kier alpha value is -3.22. The summed E-state index contributed by atoms with van der Waals surface area (Å²) in [5.41, 5.74) is 1.47. The van der Waals surface area contributed by atoms with E-state index in [1.165, 1.54) is 19.2 Å². The van der Waals surface area contributed by atoms with Crippen LogP contribution < -0.4 is 0 Å². The number of ether oxygens (including phenoxy) is 1. The Morgan fingerprint density at radius 2 is 1.96 bits per heavy atom. The third-order valence-electron chi connectivity index (χ3n) is 3.80. The first-order valence-corrected chi connectivity index (χ1v) is 7.23. The number of methoxy groups -OCH3 is 1. The Labute approximate surface area is 137 Å². The number of hydrogen-bond acceptors (Lipinski definition) is 6. The van der Waals surface area contributed by atoms with Crippen LogP contribution in [0.3, 0.4) is 0 Å². The van der Waals surface area contributed by atoms with Crippen molar-refractivity contribution in [1.82, 2.24) is 0 Å². The largest absolute Gasteiger partial charge is 0.468 e. The lowest BCUT2D eigenvalue weighted by Crippen LogP contribution is -2.28. The monoisotopic (exact) mass is 326 g/mol. The first-order valence-electron chi connectivity index (χ1n) is 7.23. The molecule has 2 atom stereocenters. The summed E-state index contributed by atoms with van der Waals surface area (Å²) in [4.78, 5) is 28.2. The zero-order valence-corrected chi connectivity index (χ0v) is 12.8. The van der Waals surface area contributed by atoms with Crippen LogP contribution in [0.5, 0.6) is 0 Å². The summed E-state index contributed by atoms with van der Waals surface area (Å²) in [6, 6.07) is 15.1. The highest BCUT2D eigenvalue weighted by Gasteiger charge is 2.42. The average molecular weight is 326 g/mol. The number of nitrogens with zero attached hydrogens (tertiary/aromatic N) is 2. The predicted octanol–water partition coefficient (Wildman–Crippen LogP) is 2.86. The number of nitro benzene ring substituents is 1. The van der Waals surface area contributed by atoms with E-state index in [4.69, 9.17) is 9.57 Å². The number of rotatable bonds is 4. The van der Waals surface area contributed by atoms with E-state index in [1.54, 1.807) is 12.1 Å². The zero-order valence-electron chi connectivity index (χ0n) is 12.8. The minimum atomic E-state index is -0.792. The fraction of sp³-hybridized carbons (Fsp3) is 0.176. The van der Waals surface area contributed by atoms with Gasteiger partial charge in [-0.2, -0.15) is 0 Å². The molecule has 0 bridgehead atoms. The number of non-ortho nitro benzene ring substituents is 1. The van der Waals surface area contributed by atoms with Crippen molar-refractivity contribution in [3.8, 4) is 0 Å². The summed E-state index contributed by atoms with van der Waals surface area (Å²) in [5.74, 6) is -1.30. The molecule has 0 saturated heterocycles. The second-order valence-electron chi connectivity index (χ2n) is 5.22. The number of oxime groups is 1. The van der Waals surface area contributed by atoms with Gasteiger partial charge in [0, 0.05) is 17.7 Å². The van der Waals surface area contributed by atoms with Crippen molar-refractivity contribution < 1.29 is 19.3 Å². The predicted molar refractivity (Wildman–Crippen MR) is 85.4 cm³/mol. The highest BCUT2D eigenvalue weighted by Crippen LogP contribution is 2.36. The van der Waals surface area contributed by atoms with Crippen LogP contribution >= 0.6 is 0 Å². The van der Waals surface area contributed by atoms with E-state index in [9.17, 15) is 14.9 Å². The van der Waals surface area contributed by atoms with Gasteiger partial charge in [-0.05, 0) is 5.56 Å². The summed E-state index contributed by atoms with van der Waals surface area (Å²) in [5, 5.41) is 15.0. The minimum absolute atomic E-state index is 0.0815. The Morgan fingerprint density at radius 1 is 1.21 bits per heavy atom. The van der Waals surface area contributed by atoms with Crippen molar-refractivity contribution >= 4 is 17.4 Å². The smallest absolute Gasteiger partial charge is 0.319 e. The SMILES string of the molecule is COC(=O)[C@H]1C(c2cccc([N+](=O)[O-])c2)=NO[C@@H]1c1ccccc1. The third kappa shape index (κ3) is 2.83. The molecular weight excluding hydrogens is 312 g/mol. The maximum Gasteiger partial charge on any atom is 0.319 e. The first-order chi connectivity index (χ1) is 11.6. The molecule has 2 aromatic carbocycles. The molecule has 0 N–H and O–H groups in total. The summed E-state index contributed by atoms with van der Waals surface area (Å²) >= 11 is 0. The van der Waals surface area contributed by atoms with Crippen LogP contribution in [0.25, 0.3) is 0 Å². The van der Waals surface area contributed by atoms with Crippen LogP contribution in [0.1, 0.15) is 17.2 Å². The van der Waals surface area contributed by atoms with E-state index in [0.717, 1.165) is 5.56 Å². The van der Waals surface area contributed by atoms with E-state index in [0.29, 0.717) is 11.3 Å². The second kappa shape index (κ2) is 6.49. The summed E-state index contributed by atoms with van der Waals surface area (Å²) < 4.78 is 4.88. The molecule has 1 aliphatic heterocycles. The third-order valence-corrected chi connectivity index (χ3v) is 3.80. The van der Waals surface area contributed by atoms with Gasteiger partial charge >= 0.3 is 5.97 Å². The molecule has 0 amide bonds. The van der Waals surface area contributed by atoms with E-state index < -0.39 is 22.9 Å². The Bertz CT molecular complexity index is 804. The lowest BCUT2D eigenvalue weighted by Gasteiger charge is -2.17. The van der Waals surface area contributed by atoms with E-state index >= 15 is 0 Å². The fourth-order valence-electron chi connectivity index (χ4n) is 2.64. The van der Waals surface area contributed by atoms with Crippen LogP contribution in [-0.4, -0.2) is 23.7 Å². The number of carbonyl (C=O) groups is 1. The van der Waals surface area contributed by atoms with Crippen LogP contribution in [0.2, 0.25) is 0 Å². The fourth-order valence-corrected chi connectivity index (χ4v) is 2.64. The van der Waals surface area contributed by atoms with Crippen LogP contribution in [0.15, 0.2) is 59.8 Å². The number of hydrogen-bond donors (Lipinski definition) is 0. The Kier molecular flexibility index (Phi) is 4.24. The second-order valence-corrected chi connectivity index (χ2v) is 5.22. The molecule has 24 heavy (non-hydrogen) atoms. The molecule has 122 valence electrons. The molecule has 0 saturated carbocycles. The highest BCUT2D eigenvalue weighted by atomic mass is 16.6. The summed E-state index contributed by atoms with van der Waals surface area (Å²) in [7, 11) is 1.29. The van der Waals surface area contributed by atoms with Gasteiger partial charge in [0.2, 0.25) is 0 Å². The van der Waals surface area contributed by atoms with Gasteiger partial charge in [-0.3, -0.25) is 14.9 Å². The van der Waals surface area contributed by atoms with Crippen LogP contribution in [0, 0.1) is 16.0 Å². The van der Waals surface area contributed by atoms with Gasteiger partial charge in [0.15, 0.2) is 6.10 Å². The molecule has 0 aliphatic carbocycles. The molecule has 7 heteroatoms. The van der Waals surface area contributed by atoms with Gasteiger partial charge in [0.05, 0.1) is 12.0 Å². The van der Waals surface area contributed by atoms with Gasteiger partial charge in [-0.1, -0.05) is 47.6 Å². The number of nitro groups is 1. The molecule has 3 rings (SSSR count). The molecule has 0 fully saturated rings. The molecule has 0 aromatic heterocycles. The topological polar surface area (TPSA) is 91.0 Å². The summed E-state index contributed by atoms with van der Waals surface area (Å²) in [6.07, 6.45) is -0.632. The van der Waals surface area contributed by atoms with Crippen molar-refractivity contribution in [3.05, 3.63) is 75.8 Å². The molecule has 0 unspecified atom stereocenters. The Morgan fingerprint density at radius 3 is 2.62 bits per heavy atom. The number of benzene rings is 2. The molecule has 1 aliphatic rings. The van der Waals surface area contributed by atoms with Gasteiger partial charge in [-0.25, -0.2) is 0 Å². The van der Waals surface area contributed by atoms with Crippen molar-refractivity contribution in [1.29, 1.82) is 0 Å². The molecule has 1 heterocycles. The van der Waals surface area contributed by atoms with Crippen molar-refractivity contribution in [3.63, 3.8) is 0 Å². The van der Waals surface area contributed by atoms with Gasteiger partial charge < -0.3 is 9.57 Å². The van der Waals surface area contributed by atoms with Crippen LogP contribution in [-0.2, 0) is 14.4 Å². The zero-order chi connectivity index (χ0) is 17.1. The van der Waals surface area contributed by atoms with Gasteiger partial charge in [-0.15, -0.1) is 0 Å². The molecular formula is C17H14N2O5. The number of carbonyl (C=O) groups excluding carboxylic acids is 1. The molecule has 0 spiro atoms. The molecule has 0 radical (unpaired) electrons. The van der Waals surface area contributed by atoms with Gasteiger partial charge in [0.1, 0.15) is 11.6 Å².